The Kier molecular flexibility index (Phi) is 6.47. The lowest BCUT2D eigenvalue weighted by Gasteiger charge is -2.10. The van der Waals surface area contributed by atoms with Gasteiger partial charge in [-0.05, 0) is 74.3 Å². The Morgan fingerprint density at radius 3 is 2.56 bits per heavy atom. The van der Waals surface area contributed by atoms with Crippen LogP contribution in [0.25, 0.3) is 22.4 Å². The number of nitrogens with zero attached hydrogens (tertiary/aromatic N) is 2. The molecule has 0 radical (unpaired) electrons. The van der Waals surface area contributed by atoms with Crippen LogP contribution in [0.1, 0.15) is 16.7 Å². The van der Waals surface area contributed by atoms with E-state index in [4.69, 9.17) is 4.74 Å². The number of nitriles is 1. The largest absolute Gasteiger partial charge is 0.488 e. The van der Waals surface area contributed by atoms with Gasteiger partial charge in [0, 0.05) is 12.1 Å². The number of halogens is 1. The third-order valence-corrected chi connectivity index (χ3v) is 5.81. The van der Waals surface area contributed by atoms with Gasteiger partial charge in [-0.15, -0.1) is 0 Å². The third-order valence-electron chi connectivity index (χ3n) is 4.96. The van der Waals surface area contributed by atoms with Gasteiger partial charge in [0.05, 0.1) is 20.1 Å². The van der Waals surface area contributed by atoms with Crippen LogP contribution in [-0.2, 0) is 6.61 Å². The van der Waals surface area contributed by atoms with Gasteiger partial charge in [-0.25, -0.2) is 0 Å². The van der Waals surface area contributed by atoms with E-state index in [0.717, 1.165) is 20.4 Å². The van der Waals surface area contributed by atoms with Crippen LogP contribution in [0.5, 0.6) is 5.75 Å². The second-order valence-electron chi connectivity index (χ2n) is 7.14. The van der Waals surface area contributed by atoms with Crippen molar-refractivity contribution >= 4 is 50.7 Å². The molecule has 4 aromatic carbocycles. The quantitative estimate of drug-likeness (QED) is 0.0882. The molecule has 0 aromatic heterocycles. The molecule has 0 aliphatic rings. The number of nitro benzene ring substituents is 1. The van der Waals surface area contributed by atoms with Crippen molar-refractivity contribution in [1.82, 2.24) is 0 Å². The highest BCUT2D eigenvalue weighted by Crippen LogP contribution is 2.27. The molecule has 156 valence electrons. The predicted molar refractivity (Wildman–Crippen MR) is 134 cm³/mol. The van der Waals surface area contributed by atoms with E-state index >= 15 is 0 Å². The number of benzene rings is 4. The zero-order chi connectivity index (χ0) is 22.5. The molecule has 4 aromatic rings. The summed E-state index contributed by atoms with van der Waals surface area (Å²) in [6, 6.07) is 28.3. The van der Waals surface area contributed by atoms with Crippen LogP contribution in [0.3, 0.4) is 0 Å². The summed E-state index contributed by atoms with van der Waals surface area (Å²) in [6.07, 6.45) is 1.72. The average Bonchev–Trinajstić information content (AvgIpc) is 2.82. The fourth-order valence-corrected chi connectivity index (χ4v) is 4.04. The highest BCUT2D eigenvalue weighted by atomic mass is 127. The molecule has 0 fully saturated rings. The van der Waals surface area contributed by atoms with E-state index in [1.54, 1.807) is 18.2 Å². The zero-order valence-electron chi connectivity index (χ0n) is 16.9. The molecule has 0 amide bonds. The van der Waals surface area contributed by atoms with Crippen LogP contribution in [0, 0.1) is 25.0 Å². The Labute approximate surface area is 198 Å². The van der Waals surface area contributed by atoms with Gasteiger partial charge in [0.1, 0.15) is 12.4 Å². The Balaban J connectivity index is 1.52. The minimum Gasteiger partial charge on any atom is -0.488 e. The SMILES string of the molecule is N#C/C(=C/c1ccc(OCc2ccc3ccccc3c2)c(I)c1)c1cccc([N+](=O)[O-])c1. The second kappa shape index (κ2) is 9.62. The van der Waals surface area contributed by atoms with Gasteiger partial charge in [-0.3, -0.25) is 10.1 Å². The Bertz CT molecular complexity index is 1390. The van der Waals surface area contributed by atoms with Crippen LogP contribution in [0.4, 0.5) is 5.69 Å². The minimum absolute atomic E-state index is 0.0457. The van der Waals surface area contributed by atoms with Crippen LogP contribution < -0.4 is 4.74 Å². The maximum Gasteiger partial charge on any atom is 0.270 e. The standard InChI is InChI=1S/C26H17IN2O3/c27-25-14-18(12-23(16-28)22-6-3-7-24(15-22)29(30)31)9-11-26(25)32-17-19-8-10-20-4-1-2-5-21(20)13-19/h1-15H,17H2/b23-12-. The molecule has 6 heteroatoms. The summed E-state index contributed by atoms with van der Waals surface area (Å²) in [5, 5.41) is 23.0. The van der Waals surface area contributed by atoms with E-state index in [0.29, 0.717) is 17.7 Å². The molecule has 0 saturated heterocycles. The molecule has 0 aliphatic carbocycles. The van der Waals surface area contributed by atoms with E-state index in [-0.39, 0.29) is 5.69 Å². The molecule has 0 aliphatic heterocycles. The van der Waals surface area contributed by atoms with Gasteiger partial charge in [0.15, 0.2) is 0 Å². The molecule has 4 rings (SSSR count). The summed E-state index contributed by atoms with van der Waals surface area (Å²) in [6.45, 7) is 0.452. The molecular formula is C26H17IN2O3. The number of hydrogen-bond acceptors (Lipinski definition) is 4. The first kappa shape index (κ1) is 21.5. The lowest BCUT2D eigenvalue weighted by molar-refractivity contribution is -0.384. The zero-order valence-corrected chi connectivity index (χ0v) is 19.0. The van der Waals surface area contributed by atoms with E-state index in [1.165, 1.54) is 22.9 Å². The van der Waals surface area contributed by atoms with Crippen molar-refractivity contribution < 1.29 is 9.66 Å². The summed E-state index contributed by atoms with van der Waals surface area (Å²) < 4.78 is 6.93. The van der Waals surface area contributed by atoms with Crippen molar-refractivity contribution in [1.29, 1.82) is 5.26 Å². The Morgan fingerprint density at radius 1 is 1.00 bits per heavy atom. The Morgan fingerprint density at radius 2 is 1.81 bits per heavy atom. The summed E-state index contributed by atoms with van der Waals surface area (Å²) in [4.78, 5) is 10.6. The van der Waals surface area contributed by atoms with Crippen LogP contribution in [0.15, 0.2) is 84.9 Å². The molecule has 0 N–H and O–H groups in total. The molecular weight excluding hydrogens is 515 g/mol. The Hall–Kier alpha value is -3.70. The average molecular weight is 532 g/mol. The van der Waals surface area contributed by atoms with Gasteiger partial charge < -0.3 is 4.74 Å². The van der Waals surface area contributed by atoms with Gasteiger partial charge in [0.25, 0.3) is 5.69 Å². The lowest BCUT2D eigenvalue weighted by Crippen LogP contribution is -1.97. The van der Waals surface area contributed by atoms with E-state index in [2.05, 4.69) is 59.0 Å². The summed E-state index contributed by atoms with van der Waals surface area (Å²) >= 11 is 2.20. The van der Waals surface area contributed by atoms with Gasteiger partial charge >= 0.3 is 0 Å². The third kappa shape index (κ3) is 4.95. The second-order valence-corrected chi connectivity index (χ2v) is 8.30. The molecule has 0 bridgehead atoms. The number of nitro groups is 1. The number of rotatable bonds is 6. The molecule has 5 nitrogen and oxygen atoms in total. The van der Waals surface area contributed by atoms with Gasteiger partial charge in [0.2, 0.25) is 0 Å². The maximum atomic E-state index is 11.0. The predicted octanol–water partition coefficient (Wildman–Crippen LogP) is 7.00. The molecule has 0 spiro atoms. The van der Waals surface area contributed by atoms with Crippen LogP contribution >= 0.6 is 22.6 Å². The number of fused-ring (bicyclic) bond motifs is 1. The number of allylic oxidation sites excluding steroid dienone is 1. The van der Waals surface area contributed by atoms with Crippen molar-refractivity contribution in [3.05, 3.63) is 115 Å². The summed E-state index contributed by atoms with van der Waals surface area (Å²) in [5.74, 6) is 0.754. The van der Waals surface area contributed by atoms with Crippen molar-refractivity contribution in [2.45, 2.75) is 6.61 Å². The van der Waals surface area contributed by atoms with E-state index in [9.17, 15) is 15.4 Å². The fraction of sp³-hybridized carbons (Fsp3) is 0.0385. The molecule has 0 atom stereocenters. The van der Waals surface area contributed by atoms with Crippen molar-refractivity contribution in [2.24, 2.45) is 0 Å². The summed E-state index contributed by atoms with van der Waals surface area (Å²) in [7, 11) is 0. The number of non-ortho nitro benzene ring substituents is 1. The molecule has 0 saturated carbocycles. The van der Waals surface area contributed by atoms with Crippen LogP contribution in [0.2, 0.25) is 0 Å². The molecule has 32 heavy (non-hydrogen) atoms. The number of hydrogen-bond donors (Lipinski definition) is 0. The summed E-state index contributed by atoms with van der Waals surface area (Å²) in [5.41, 5.74) is 2.72. The van der Waals surface area contributed by atoms with Crippen molar-refractivity contribution in [3.63, 3.8) is 0 Å². The lowest BCUT2D eigenvalue weighted by atomic mass is 10.0. The van der Waals surface area contributed by atoms with E-state index < -0.39 is 4.92 Å². The van der Waals surface area contributed by atoms with Crippen LogP contribution in [-0.4, -0.2) is 4.92 Å². The molecule has 0 heterocycles. The minimum atomic E-state index is -0.469. The van der Waals surface area contributed by atoms with Gasteiger partial charge in [-0.1, -0.05) is 54.6 Å². The highest BCUT2D eigenvalue weighted by Gasteiger charge is 2.10. The first-order chi connectivity index (χ1) is 15.5. The smallest absolute Gasteiger partial charge is 0.270 e. The monoisotopic (exact) mass is 532 g/mol. The fourth-order valence-electron chi connectivity index (χ4n) is 3.35. The van der Waals surface area contributed by atoms with Gasteiger partial charge in [-0.2, -0.15) is 5.26 Å². The number of ether oxygens (including phenoxy) is 1. The highest BCUT2D eigenvalue weighted by molar-refractivity contribution is 14.1. The first-order valence-electron chi connectivity index (χ1n) is 9.80. The topological polar surface area (TPSA) is 76.2 Å². The maximum absolute atomic E-state index is 11.0. The van der Waals surface area contributed by atoms with Crippen molar-refractivity contribution in [3.8, 4) is 11.8 Å². The normalized spacial score (nSPS) is 11.2. The van der Waals surface area contributed by atoms with E-state index in [1.807, 2.05) is 30.3 Å². The molecule has 0 unspecified atom stereocenters. The first-order valence-corrected chi connectivity index (χ1v) is 10.9. The van der Waals surface area contributed by atoms with Crippen molar-refractivity contribution in [2.75, 3.05) is 0 Å².